The lowest BCUT2D eigenvalue weighted by Crippen LogP contribution is -1.99. The Morgan fingerprint density at radius 3 is 2.36 bits per heavy atom. The van der Waals surface area contributed by atoms with Crippen LogP contribution in [0.15, 0.2) is 18.2 Å². The summed E-state index contributed by atoms with van der Waals surface area (Å²) in [7, 11) is 0. The van der Waals surface area contributed by atoms with E-state index in [1.165, 1.54) is 12.1 Å². The van der Waals surface area contributed by atoms with Crippen molar-refractivity contribution in [1.82, 2.24) is 0 Å². The maximum atomic E-state index is 12.5. The van der Waals surface area contributed by atoms with Gasteiger partial charge >= 0.3 is 0 Å². The molecule has 11 heavy (non-hydrogen) atoms. The zero-order chi connectivity index (χ0) is 7.56. The molecule has 0 aromatic heterocycles. The summed E-state index contributed by atoms with van der Waals surface area (Å²) in [5.74, 6) is -1.16. The van der Waals surface area contributed by atoms with E-state index in [-0.39, 0.29) is 19.0 Å². The summed E-state index contributed by atoms with van der Waals surface area (Å²) >= 11 is 0. The van der Waals surface area contributed by atoms with E-state index in [0.717, 1.165) is 6.07 Å². The summed E-state index contributed by atoms with van der Waals surface area (Å²) in [5.41, 5.74) is 5.47. The van der Waals surface area contributed by atoms with E-state index in [0.29, 0.717) is 5.56 Å². The van der Waals surface area contributed by atoms with Crippen LogP contribution in [0.1, 0.15) is 5.56 Å². The van der Waals surface area contributed by atoms with E-state index >= 15 is 0 Å². The van der Waals surface area contributed by atoms with Crippen LogP contribution in [0.2, 0.25) is 0 Å². The normalized spacial score (nSPS) is 9.00. The molecule has 0 bridgehead atoms. The van der Waals surface area contributed by atoms with Crippen molar-refractivity contribution in [1.29, 1.82) is 0 Å². The summed E-state index contributed by atoms with van der Waals surface area (Å²) in [6.45, 7) is 0.103. The predicted molar refractivity (Wildman–Crippen MR) is 41.5 cm³/mol. The molecule has 0 fully saturated rings. The molecule has 0 heterocycles. The first-order valence-electron chi connectivity index (χ1n) is 2.88. The average Bonchev–Trinajstić information content (AvgIpc) is 1.88. The molecule has 0 amide bonds. The molecule has 0 unspecified atom stereocenters. The van der Waals surface area contributed by atoms with Crippen LogP contribution in [0.25, 0.3) is 0 Å². The summed E-state index contributed by atoms with van der Waals surface area (Å²) in [6, 6.07) is 3.35. The standard InChI is InChI=1S/C7H7F2N.ClH/c8-6-2-1-5(4-10)7(9)3-6;/h1-3H,4,10H2;1H. The Balaban J connectivity index is 0.000001000. The van der Waals surface area contributed by atoms with Crippen LogP contribution < -0.4 is 5.73 Å². The second-order valence-corrected chi connectivity index (χ2v) is 1.94. The van der Waals surface area contributed by atoms with E-state index < -0.39 is 11.6 Å². The maximum absolute atomic E-state index is 12.5. The molecule has 4 heteroatoms. The van der Waals surface area contributed by atoms with E-state index in [1.54, 1.807) is 0 Å². The first-order chi connectivity index (χ1) is 4.74. The van der Waals surface area contributed by atoms with E-state index in [2.05, 4.69) is 0 Å². The minimum Gasteiger partial charge on any atom is -0.326 e. The fraction of sp³-hybridized carbons (Fsp3) is 0.143. The topological polar surface area (TPSA) is 26.0 Å². The minimum absolute atomic E-state index is 0. The molecule has 0 spiro atoms. The highest BCUT2D eigenvalue weighted by molar-refractivity contribution is 5.85. The second-order valence-electron chi connectivity index (χ2n) is 1.94. The first kappa shape index (κ1) is 10.3. The van der Waals surface area contributed by atoms with Gasteiger partial charge in [0.05, 0.1) is 0 Å². The van der Waals surface area contributed by atoms with Crippen molar-refractivity contribution in [2.24, 2.45) is 5.73 Å². The summed E-state index contributed by atoms with van der Waals surface area (Å²) in [6.07, 6.45) is 0. The molecule has 0 saturated heterocycles. The van der Waals surface area contributed by atoms with Crippen LogP contribution >= 0.6 is 12.4 Å². The highest BCUT2D eigenvalue weighted by Gasteiger charge is 1.99. The van der Waals surface area contributed by atoms with Gasteiger partial charge in [0, 0.05) is 18.2 Å². The van der Waals surface area contributed by atoms with Gasteiger partial charge in [-0.05, 0) is 6.07 Å². The number of hydrogen-bond donors (Lipinski definition) is 1. The molecule has 1 rings (SSSR count). The lowest BCUT2D eigenvalue weighted by atomic mass is 10.2. The predicted octanol–water partition coefficient (Wildman–Crippen LogP) is 1.85. The summed E-state index contributed by atoms with van der Waals surface area (Å²) in [4.78, 5) is 0. The van der Waals surface area contributed by atoms with E-state index in [4.69, 9.17) is 5.73 Å². The molecule has 1 nitrogen and oxygen atoms in total. The molecule has 0 radical (unpaired) electrons. The molecule has 0 aliphatic carbocycles. The van der Waals surface area contributed by atoms with Gasteiger partial charge in [-0.25, -0.2) is 8.78 Å². The second kappa shape index (κ2) is 4.26. The summed E-state index contributed by atoms with van der Waals surface area (Å²) in [5, 5.41) is 0. The van der Waals surface area contributed by atoms with Crippen LogP contribution in [0.3, 0.4) is 0 Å². The molecule has 1 aromatic carbocycles. The molecule has 62 valence electrons. The van der Waals surface area contributed by atoms with Gasteiger partial charge in [0.15, 0.2) is 0 Å². The molecule has 1 aromatic rings. The van der Waals surface area contributed by atoms with Gasteiger partial charge in [0.2, 0.25) is 0 Å². The van der Waals surface area contributed by atoms with Crippen molar-refractivity contribution in [3.8, 4) is 0 Å². The number of hydrogen-bond acceptors (Lipinski definition) is 1. The zero-order valence-electron chi connectivity index (χ0n) is 5.68. The van der Waals surface area contributed by atoms with Gasteiger partial charge in [-0.3, -0.25) is 0 Å². The molecular weight excluding hydrogens is 172 g/mol. The zero-order valence-corrected chi connectivity index (χ0v) is 6.50. The van der Waals surface area contributed by atoms with Crippen LogP contribution in [0.5, 0.6) is 0 Å². The van der Waals surface area contributed by atoms with E-state index in [1.807, 2.05) is 0 Å². The lowest BCUT2D eigenvalue weighted by Gasteiger charge is -1.96. The van der Waals surface area contributed by atoms with Crippen molar-refractivity contribution in [2.75, 3.05) is 0 Å². The van der Waals surface area contributed by atoms with Crippen molar-refractivity contribution < 1.29 is 8.78 Å². The van der Waals surface area contributed by atoms with Gasteiger partial charge in [0.1, 0.15) is 11.6 Å². The van der Waals surface area contributed by atoms with Gasteiger partial charge in [0.25, 0.3) is 0 Å². The Bertz CT molecular complexity index is 240. The Kier molecular flexibility index (Phi) is 4.00. The van der Waals surface area contributed by atoms with Crippen molar-refractivity contribution in [2.45, 2.75) is 6.54 Å². The monoisotopic (exact) mass is 179 g/mol. The lowest BCUT2D eigenvalue weighted by molar-refractivity contribution is 0.572. The Morgan fingerprint density at radius 1 is 1.27 bits per heavy atom. The smallest absolute Gasteiger partial charge is 0.130 e. The molecule has 0 saturated carbocycles. The van der Waals surface area contributed by atoms with Crippen molar-refractivity contribution in [3.05, 3.63) is 35.4 Å². The van der Waals surface area contributed by atoms with Crippen molar-refractivity contribution in [3.63, 3.8) is 0 Å². The van der Waals surface area contributed by atoms with Gasteiger partial charge in [-0.2, -0.15) is 0 Å². The average molecular weight is 180 g/mol. The molecule has 0 aliphatic rings. The molecule has 2 N–H and O–H groups in total. The molecule has 0 atom stereocenters. The van der Waals surface area contributed by atoms with Crippen LogP contribution in [-0.4, -0.2) is 0 Å². The van der Waals surface area contributed by atoms with Gasteiger partial charge in [-0.1, -0.05) is 6.07 Å². The summed E-state index contributed by atoms with van der Waals surface area (Å²) < 4.78 is 24.7. The Labute approximate surface area is 69.6 Å². The third-order valence-corrected chi connectivity index (χ3v) is 1.24. The molecule has 0 aliphatic heterocycles. The van der Waals surface area contributed by atoms with E-state index in [9.17, 15) is 8.78 Å². The minimum atomic E-state index is -0.581. The molecular formula is C7H8ClF2N. The van der Waals surface area contributed by atoms with Crippen LogP contribution in [0.4, 0.5) is 8.78 Å². The Hall–Kier alpha value is -0.670. The quantitative estimate of drug-likeness (QED) is 0.700. The first-order valence-corrected chi connectivity index (χ1v) is 2.88. The largest absolute Gasteiger partial charge is 0.326 e. The van der Waals surface area contributed by atoms with Crippen LogP contribution in [-0.2, 0) is 6.54 Å². The third-order valence-electron chi connectivity index (χ3n) is 1.24. The van der Waals surface area contributed by atoms with Crippen LogP contribution in [0, 0.1) is 11.6 Å². The highest BCUT2D eigenvalue weighted by Crippen LogP contribution is 2.07. The van der Waals surface area contributed by atoms with Gasteiger partial charge in [-0.15, -0.1) is 12.4 Å². The van der Waals surface area contributed by atoms with Gasteiger partial charge < -0.3 is 5.73 Å². The van der Waals surface area contributed by atoms with Crippen molar-refractivity contribution >= 4 is 12.4 Å². The third kappa shape index (κ3) is 2.44. The fourth-order valence-electron chi connectivity index (χ4n) is 0.687. The Morgan fingerprint density at radius 2 is 1.91 bits per heavy atom. The fourth-order valence-corrected chi connectivity index (χ4v) is 0.687. The number of halogens is 3. The number of nitrogens with two attached hydrogens (primary N) is 1. The highest BCUT2D eigenvalue weighted by atomic mass is 35.5. The maximum Gasteiger partial charge on any atom is 0.130 e. The number of rotatable bonds is 1. The number of benzene rings is 1. The SMILES string of the molecule is Cl.NCc1ccc(F)cc1F.